The SMILES string of the molecule is CNCc1ccc(-c2ccc(OC)cc2)nn1. The number of aromatic nitrogens is 2. The van der Waals surface area contributed by atoms with Gasteiger partial charge in [0.05, 0.1) is 18.5 Å². The summed E-state index contributed by atoms with van der Waals surface area (Å²) in [5.41, 5.74) is 2.84. The van der Waals surface area contributed by atoms with Gasteiger partial charge in [0.2, 0.25) is 0 Å². The minimum absolute atomic E-state index is 0.732. The van der Waals surface area contributed by atoms with Gasteiger partial charge in [-0.15, -0.1) is 0 Å². The highest BCUT2D eigenvalue weighted by Gasteiger charge is 2.01. The molecule has 4 heteroatoms. The molecular weight excluding hydrogens is 214 g/mol. The molecule has 0 saturated heterocycles. The zero-order valence-corrected chi connectivity index (χ0v) is 9.97. The van der Waals surface area contributed by atoms with Gasteiger partial charge >= 0.3 is 0 Å². The van der Waals surface area contributed by atoms with Crippen molar-refractivity contribution < 1.29 is 4.74 Å². The van der Waals surface area contributed by atoms with Crippen LogP contribution in [-0.2, 0) is 6.54 Å². The van der Waals surface area contributed by atoms with Crippen molar-refractivity contribution in [2.75, 3.05) is 14.2 Å². The molecule has 0 bridgehead atoms. The van der Waals surface area contributed by atoms with E-state index in [1.165, 1.54) is 0 Å². The molecule has 0 aliphatic carbocycles. The smallest absolute Gasteiger partial charge is 0.118 e. The molecule has 4 nitrogen and oxygen atoms in total. The summed E-state index contributed by atoms with van der Waals surface area (Å²) in [7, 11) is 3.54. The van der Waals surface area contributed by atoms with Crippen molar-refractivity contribution >= 4 is 0 Å². The second-order valence-corrected chi connectivity index (χ2v) is 3.67. The maximum atomic E-state index is 5.11. The molecule has 0 aliphatic rings. The number of ether oxygens (including phenoxy) is 1. The largest absolute Gasteiger partial charge is 0.497 e. The van der Waals surface area contributed by atoms with Crippen LogP contribution in [0.4, 0.5) is 0 Å². The van der Waals surface area contributed by atoms with E-state index in [-0.39, 0.29) is 0 Å². The molecule has 0 radical (unpaired) electrons. The molecule has 0 spiro atoms. The first kappa shape index (κ1) is 11.5. The zero-order valence-electron chi connectivity index (χ0n) is 9.97. The molecule has 0 fully saturated rings. The molecular formula is C13H15N3O. The molecule has 0 aliphatic heterocycles. The Morgan fingerprint density at radius 2 is 1.82 bits per heavy atom. The van der Waals surface area contributed by atoms with Crippen LogP contribution in [0.5, 0.6) is 5.75 Å². The third kappa shape index (κ3) is 2.79. The predicted octanol–water partition coefficient (Wildman–Crippen LogP) is 1.87. The van der Waals surface area contributed by atoms with Gasteiger partial charge in [0.25, 0.3) is 0 Å². The fourth-order valence-electron chi connectivity index (χ4n) is 1.55. The van der Waals surface area contributed by atoms with Crippen molar-refractivity contribution in [1.29, 1.82) is 0 Å². The molecule has 0 atom stereocenters. The highest BCUT2D eigenvalue weighted by molar-refractivity contribution is 5.59. The standard InChI is InChI=1S/C13H15N3O/c1-14-9-11-5-8-13(16-15-11)10-3-6-12(17-2)7-4-10/h3-8,14H,9H2,1-2H3. The number of hydrogen-bond acceptors (Lipinski definition) is 4. The Hall–Kier alpha value is -1.94. The Morgan fingerprint density at radius 3 is 2.35 bits per heavy atom. The van der Waals surface area contributed by atoms with Crippen molar-refractivity contribution in [3.05, 3.63) is 42.1 Å². The molecule has 2 aromatic rings. The predicted molar refractivity (Wildman–Crippen MR) is 66.8 cm³/mol. The molecule has 1 aromatic heterocycles. The quantitative estimate of drug-likeness (QED) is 0.869. The number of nitrogens with one attached hydrogen (secondary N) is 1. The van der Waals surface area contributed by atoms with E-state index in [2.05, 4.69) is 15.5 Å². The van der Waals surface area contributed by atoms with Crippen molar-refractivity contribution in [1.82, 2.24) is 15.5 Å². The number of hydrogen-bond donors (Lipinski definition) is 1. The van der Waals surface area contributed by atoms with Crippen molar-refractivity contribution in [2.24, 2.45) is 0 Å². The number of benzene rings is 1. The molecule has 1 aromatic carbocycles. The molecule has 0 unspecified atom stereocenters. The molecule has 17 heavy (non-hydrogen) atoms. The maximum absolute atomic E-state index is 5.11. The van der Waals surface area contributed by atoms with Gasteiger partial charge in [0.1, 0.15) is 5.75 Å². The number of nitrogens with zero attached hydrogens (tertiary/aromatic N) is 2. The van der Waals surface area contributed by atoms with E-state index in [4.69, 9.17) is 4.74 Å². The van der Waals surface area contributed by atoms with Crippen LogP contribution >= 0.6 is 0 Å². The van der Waals surface area contributed by atoms with E-state index in [0.29, 0.717) is 0 Å². The van der Waals surface area contributed by atoms with Gasteiger partial charge in [-0.1, -0.05) is 0 Å². The summed E-state index contributed by atoms with van der Waals surface area (Å²) in [6.07, 6.45) is 0. The first-order valence-electron chi connectivity index (χ1n) is 5.45. The minimum Gasteiger partial charge on any atom is -0.497 e. The Labute approximate surface area is 101 Å². The Kier molecular flexibility index (Phi) is 3.67. The molecule has 0 saturated carbocycles. The lowest BCUT2D eigenvalue weighted by Crippen LogP contribution is -2.07. The van der Waals surface area contributed by atoms with Crippen LogP contribution in [0.3, 0.4) is 0 Å². The zero-order chi connectivity index (χ0) is 12.1. The van der Waals surface area contributed by atoms with Crippen molar-refractivity contribution in [3.63, 3.8) is 0 Å². The lowest BCUT2D eigenvalue weighted by atomic mass is 10.1. The van der Waals surface area contributed by atoms with Gasteiger partial charge in [-0.3, -0.25) is 0 Å². The highest BCUT2D eigenvalue weighted by Crippen LogP contribution is 2.19. The van der Waals surface area contributed by atoms with Gasteiger partial charge in [0.15, 0.2) is 0 Å². The summed E-state index contributed by atoms with van der Waals surface area (Å²) in [6, 6.07) is 11.7. The van der Waals surface area contributed by atoms with Gasteiger partial charge in [-0.2, -0.15) is 10.2 Å². The normalized spacial score (nSPS) is 10.2. The van der Waals surface area contributed by atoms with E-state index in [1.54, 1.807) is 7.11 Å². The minimum atomic E-state index is 0.732. The Morgan fingerprint density at radius 1 is 1.06 bits per heavy atom. The second-order valence-electron chi connectivity index (χ2n) is 3.67. The fraction of sp³-hybridized carbons (Fsp3) is 0.231. The van der Waals surface area contributed by atoms with Crippen LogP contribution in [0.1, 0.15) is 5.69 Å². The maximum Gasteiger partial charge on any atom is 0.118 e. The van der Waals surface area contributed by atoms with Gasteiger partial charge in [0, 0.05) is 12.1 Å². The first-order valence-corrected chi connectivity index (χ1v) is 5.45. The summed E-state index contributed by atoms with van der Waals surface area (Å²) < 4.78 is 5.11. The highest BCUT2D eigenvalue weighted by atomic mass is 16.5. The molecule has 1 heterocycles. The Bertz CT molecular complexity index is 465. The molecule has 0 amide bonds. The van der Waals surface area contributed by atoms with E-state index in [9.17, 15) is 0 Å². The van der Waals surface area contributed by atoms with Crippen molar-refractivity contribution in [2.45, 2.75) is 6.54 Å². The van der Waals surface area contributed by atoms with Crippen LogP contribution in [0.15, 0.2) is 36.4 Å². The van der Waals surface area contributed by atoms with Gasteiger partial charge in [-0.05, 0) is 43.4 Å². The summed E-state index contributed by atoms with van der Waals surface area (Å²) in [5, 5.41) is 11.4. The van der Waals surface area contributed by atoms with Crippen LogP contribution in [0.25, 0.3) is 11.3 Å². The fourth-order valence-corrected chi connectivity index (χ4v) is 1.55. The van der Waals surface area contributed by atoms with Crippen LogP contribution in [0.2, 0.25) is 0 Å². The third-order valence-corrected chi connectivity index (χ3v) is 2.46. The first-order chi connectivity index (χ1) is 8.33. The second kappa shape index (κ2) is 5.41. The summed E-state index contributed by atoms with van der Waals surface area (Å²) >= 11 is 0. The summed E-state index contributed by atoms with van der Waals surface area (Å²) in [4.78, 5) is 0. The van der Waals surface area contributed by atoms with Crippen LogP contribution in [-0.4, -0.2) is 24.4 Å². The van der Waals surface area contributed by atoms with E-state index in [0.717, 1.165) is 29.2 Å². The monoisotopic (exact) mass is 229 g/mol. The molecule has 2 rings (SSSR count). The van der Waals surface area contributed by atoms with Gasteiger partial charge < -0.3 is 10.1 Å². The number of rotatable bonds is 4. The third-order valence-electron chi connectivity index (χ3n) is 2.46. The molecule has 88 valence electrons. The topological polar surface area (TPSA) is 47.0 Å². The van der Waals surface area contributed by atoms with E-state index in [1.807, 2.05) is 43.4 Å². The number of methoxy groups -OCH3 is 1. The van der Waals surface area contributed by atoms with Crippen molar-refractivity contribution in [3.8, 4) is 17.0 Å². The van der Waals surface area contributed by atoms with Crippen LogP contribution < -0.4 is 10.1 Å². The molecule has 1 N–H and O–H groups in total. The average molecular weight is 229 g/mol. The van der Waals surface area contributed by atoms with Gasteiger partial charge in [-0.25, -0.2) is 0 Å². The van der Waals surface area contributed by atoms with Crippen LogP contribution in [0, 0.1) is 0 Å². The summed E-state index contributed by atoms with van der Waals surface area (Å²) in [6.45, 7) is 0.732. The van der Waals surface area contributed by atoms with E-state index < -0.39 is 0 Å². The lowest BCUT2D eigenvalue weighted by Gasteiger charge is -2.03. The van der Waals surface area contributed by atoms with E-state index >= 15 is 0 Å². The summed E-state index contributed by atoms with van der Waals surface area (Å²) in [5.74, 6) is 0.841. The Balaban J connectivity index is 2.20. The average Bonchev–Trinajstić information content (AvgIpc) is 2.40. The lowest BCUT2D eigenvalue weighted by molar-refractivity contribution is 0.415.